The van der Waals surface area contributed by atoms with Crippen LogP contribution in [-0.4, -0.2) is 29.0 Å². The number of carbonyl (C=O) groups excluding carboxylic acids is 1. The number of nitroso groups, excluding NO2 is 1. The molecule has 0 spiro atoms. The second kappa shape index (κ2) is 16.8. The van der Waals surface area contributed by atoms with E-state index in [-0.39, 0.29) is 12.2 Å². The molecule has 0 unspecified atom stereocenters. The Labute approximate surface area is 254 Å². The average Bonchev–Trinajstić information content (AvgIpc) is 3.05. The molecule has 0 fully saturated rings. The summed E-state index contributed by atoms with van der Waals surface area (Å²) < 4.78 is 6.29. The molecule has 4 aromatic carbocycles. The molecule has 43 heavy (non-hydrogen) atoms. The zero-order valence-electron chi connectivity index (χ0n) is 24.7. The maximum Gasteiger partial charge on any atom is 0.286 e. The number of aliphatic hydroxyl groups is 1. The Morgan fingerprint density at radius 3 is 2.05 bits per heavy atom. The van der Waals surface area contributed by atoms with Crippen molar-refractivity contribution in [3.63, 3.8) is 0 Å². The lowest BCUT2D eigenvalue weighted by molar-refractivity contribution is -0.118. The highest BCUT2D eigenvalue weighted by Gasteiger charge is 2.11. The van der Waals surface area contributed by atoms with E-state index >= 15 is 0 Å². The third kappa shape index (κ3) is 10.7. The van der Waals surface area contributed by atoms with Crippen molar-refractivity contribution in [2.75, 3.05) is 13.1 Å². The number of benzene rings is 4. The lowest BCUT2D eigenvalue weighted by Gasteiger charge is -2.23. The van der Waals surface area contributed by atoms with Gasteiger partial charge in [-0.2, -0.15) is 0 Å². The van der Waals surface area contributed by atoms with Gasteiger partial charge in [-0.3, -0.25) is 9.69 Å². The van der Waals surface area contributed by atoms with Gasteiger partial charge >= 0.3 is 0 Å². The molecule has 6 nitrogen and oxygen atoms in total. The minimum Gasteiger partial charge on any atom is -0.508 e. The SMILES string of the molecule is C=C(O)c1ccc(CN(CCCCC(=O)N=O)CCc2ccccc2OCc2ccc(CCc3ccccc3)cc2)cc1. The first-order chi connectivity index (χ1) is 21.0. The summed E-state index contributed by atoms with van der Waals surface area (Å²) in [6, 6.07) is 35.1. The first-order valence-corrected chi connectivity index (χ1v) is 14.9. The molecule has 1 amide bonds. The van der Waals surface area contributed by atoms with Gasteiger partial charge in [-0.25, -0.2) is 0 Å². The van der Waals surface area contributed by atoms with Crippen LogP contribution < -0.4 is 4.74 Å². The number of hydrogen-bond acceptors (Lipinski definition) is 5. The van der Waals surface area contributed by atoms with Crippen LogP contribution in [0.1, 0.15) is 52.6 Å². The standard InChI is InChI=1S/C37H40N2O4/c1-29(40)34-22-20-32(21-23-34)27-39(25-8-7-13-37(41)38-42)26-24-35-11-5-6-12-36(35)43-28-33-18-16-31(17-19-33)15-14-30-9-3-2-4-10-30/h2-6,9-12,16-23,40H,1,7-8,13-15,24-28H2. The van der Waals surface area contributed by atoms with Crippen LogP contribution in [0, 0.1) is 4.91 Å². The van der Waals surface area contributed by atoms with Crippen molar-refractivity contribution in [2.24, 2.45) is 5.18 Å². The molecule has 0 heterocycles. The zero-order valence-corrected chi connectivity index (χ0v) is 24.7. The van der Waals surface area contributed by atoms with Crippen molar-refractivity contribution in [3.8, 4) is 5.75 Å². The summed E-state index contributed by atoms with van der Waals surface area (Å²) >= 11 is 0. The maximum absolute atomic E-state index is 11.3. The number of amides is 1. The van der Waals surface area contributed by atoms with Gasteiger partial charge in [0.25, 0.3) is 5.91 Å². The van der Waals surface area contributed by atoms with Gasteiger partial charge in [0.2, 0.25) is 0 Å². The third-order valence-electron chi connectivity index (χ3n) is 7.54. The Hall–Kier alpha value is -4.55. The molecule has 4 aromatic rings. The molecular weight excluding hydrogens is 536 g/mol. The summed E-state index contributed by atoms with van der Waals surface area (Å²) in [5.41, 5.74) is 6.75. The maximum atomic E-state index is 11.3. The number of carbonyl (C=O) groups is 1. The highest BCUT2D eigenvalue weighted by Crippen LogP contribution is 2.22. The van der Waals surface area contributed by atoms with Crippen LogP contribution in [0.25, 0.3) is 5.76 Å². The van der Waals surface area contributed by atoms with Gasteiger partial charge in [-0.15, -0.1) is 4.91 Å². The zero-order chi connectivity index (χ0) is 30.3. The van der Waals surface area contributed by atoms with Crippen LogP contribution in [0.3, 0.4) is 0 Å². The number of nitrogens with zero attached hydrogens (tertiary/aromatic N) is 2. The number of hydrogen-bond donors (Lipinski definition) is 1. The van der Waals surface area contributed by atoms with E-state index in [0.29, 0.717) is 18.6 Å². The monoisotopic (exact) mass is 576 g/mol. The average molecular weight is 577 g/mol. The third-order valence-corrected chi connectivity index (χ3v) is 7.54. The van der Waals surface area contributed by atoms with Crippen molar-refractivity contribution < 1.29 is 14.6 Å². The lowest BCUT2D eigenvalue weighted by atomic mass is 10.0. The topological polar surface area (TPSA) is 79.2 Å². The molecule has 0 saturated carbocycles. The number of ether oxygens (including phenoxy) is 1. The Morgan fingerprint density at radius 2 is 1.35 bits per heavy atom. The van der Waals surface area contributed by atoms with Gasteiger partial charge in [-0.1, -0.05) is 104 Å². The molecule has 0 saturated heterocycles. The van der Waals surface area contributed by atoms with Gasteiger partial charge in [-0.05, 0) is 72.5 Å². The highest BCUT2D eigenvalue weighted by molar-refractivity contribution is 5.76. The molecule has 0 radical (unpaired) electrons. The molecule has 0 aliphatic rings. The van der Waals surface area contributed by atoms with E-state index in [1.807, 2.05) is 48.5 Å². The molecule has 0 aliphatic carbocycles. The smallest absolute Gasteiger partial charge is 0.286 e. The number of aliphatic hydroxyl groups excluding tert-OH is 1. The normalized spacial score (nSPS) is 10.9. The van der Waals surface area contributed by atoms with Crippen LogP contribution in [0.2, 0.25) is 0 Å². The number of aryl methyl sites for hydroxylation is 2. The molecule has 0 aromatic heterocycles. The Bertz CT molecular complexity index is 1450. The van der Waals surface area contributed by atoms with Crippen LogP contribution in [0.4, 0.5) is 0 Å². The van der Waals surface area contributed by atoms with Gasteiger partial charge in [0.05, 0.1) is 0 Å². The van der Waals surface area contributed by atoms with Gasteiger partial charge in [0, 0.05) is 30.3 Å². The molecular formula is C37H40N2O4. The van der Waals surface area contributed by atoms with Gasteiger partial charge in [0.1, 0.15) is 18.1 Å². The van der Waals surface area contributed by atoms with Crippen LogP contribution in [0.15, 0.2) is 115 Å². The summed E-state index contributed by atoms with van der Waals surface area (Å²) in [5, 5.41) is 12.2. The van der Waals surface area contributed by atoms with Crippen molar-refractivity contribution in [2.45, 2.75) is 51.7 Å². The fourth-order valence-electron chi connectivity index (χ4n) is 5.01. The quantitative estimate of drug-likeness (QED) is 0.0781. The minimum atomic E-state index is -0.598. The van der Waals surface area contributed by atoms with Crippen molar-refractivity contribution in [3.05, 3.63) is 148 Å². The molecule has 6 heteroatoms. The predicted molar refractivity (Wildman–Crippen MR) is 173 cm³/mol. The number of unbranched alkanes of at least 4 members (excludes halogenated alkanes) is 1. The summed E-state index contributed by atoms with van der Waals surface area (Å²) in [4.78, 5) is 24.1. The fraction of sp³-hybridized carbons (Fsp3) is 0.270. The van der Waals surface area contributed by atoms with Crippen LogP contribution >= 0.6 is 0 Å². The van der Waals surface area contributed by atoms with E-state index in [1.165, 1.54) is 11.1 Å². The fourth-order valence-corrected chi connectivity index (χ4v) is 5.01. The highest BCUT2D eigenvalue weighted by atomic mass is 16.5. The molecule has 0 aliphatic heterocycles. The molecule has 4 rings (SSSR count). The molecule has 222 valence electrons. The van der Waals surface area contributed by atoms with Gasteiger partial charge in [0.15, 0.2) is 0 Å². The van der Waals surface area contributed by atoms with E-state index in [1.54, 1.807) is 0 Å². The summed E-state index contributed by atoms with van der Waals surface area (Å²) in [6.07, 6.45) is 4.42. The summed E-state index contributed by atoms with van der Waals surface area (Å²) in [5.74, 6) is 0.329. The largest absolute Gasteiger partial charge is 0.508 e. The first kappa shape index (κ1) is 31.4. The molecule has 0 atom stereocenters. The minimum absolute atomic E-state index is 0.0486. The Morgan fingerprint density at radius 1 is 0.721 bits per heavy atom. The second-order valence-corrected chi connectivity index (χ2v) is 10.8. The second-order valence-electron chi connectivity index (χ2n) is 10.8. The number of para-hydroxylation sites is 1. The van der Waals surface area contributed by atoms with Gasteiger partial charge < -0.3 is 9.84 Å². The Kier molecular flexibility index (Phi) is 12.2. The van der Waals surface area contributed by atoms with Crippen molar-refractivity contribution in [1.29, 1.82) is 0 Å². The van der Waals surface area contributed by atoms with E-state index in [4.69, 9.17) is 4.74 Å². The predicted octanol–water partition coefficient (Wildman–Crippen LogP) is 8.09. The molecule has 0 bridgehead atoms. The Balaban J connectivity index is 1.33. The van der Waals surface area contributed by atoms with E-state index in [9.17, 15) is 14.8 Å². The van der Waals surface area contributed by atoms with Crippen molar-refractivity contribution >= 4 is 11.7 Å². The first-order valence-electron chi connectivity index (χ1n) is 14.9. The van der Waals surface area contributed by atoms with E-state index < -0.39 is 5.91 Å². The van der Waals surface area contributed by atoms with E-state index in [0.717, 1.165) is 67.8 Å². The summed E-state index contributed by atoms with van der Waals surface area (Å²) in [6.45, 7) is 6.39. The molecule has 1 N–H and O–H groups in total. The van der Waals surface area contributed by atoms with Crippen LogP contribution in [-0.2, 0) is 37.2 Å². The van der Waals surface area contributed by atoms with Crippen LogP contribution in [0.5, 0.6) is 5.75 Å². The number of rotatable bonds is 17. The van der Waals surface area contributed by atoms with Crippen molar-refractivity contribution in [1.82, 2.24) is 4.90 Å². The van der Waals surface area contributed by atoms with E-state index in [2.05, 4.69) is 71.3 Å². The lowest BCUT2D eigenvalue weighted by Crippen LogP contribution is -2.27. The summed E-state index contributed by atoms with van der Waals surface area (Å²) in [7, 11) is 0.